The quantitative estimate of drug-likeness (QED) is 0.598. The van der Waals surface area contributed by atoms with Crippen molar-refractivity contribution in [2.45, 2.75) is 45.6 Å². The number of aliphatic imine (C=N–C) groups is 1. The summed E-state index contributed by atoms with van der Waals surface area (Å²) in [7, 11) is 0. The molecule has 0 aromatic rings. The molecule has 0 radical (unpaired) electrons. The van der Waals surface area contributed by atoms with Gasteiger partial charge in [0, 0.05) is 11.8 Å². The fourth-order valence-electron chi connectivity index (χ4n) is 2.09. The monoisotopic (exact) mass is 255 g/mol. The zero-order chi connectivity index (χ0) is 13.4. The Morgan fingerprint density at radius 3 is 2.06 bits per heavy atom. The maximum absolute atomic E-state index is 5.79. The highest BCUT2D eigenvalue weighted by Gasteiger charge is 2.24. The lowest BCUT2D eigenvalue weighted by atomic mass is 10.2. The van der Waals surface area contributed by atoms with Gasteiger partial charge in [-0.2, -0.15) is 12.6 Å². The average molecular weight is 255 g/mol. The van der Waals surface area contributed by atoms with Crippen LogP contribution in [0.2, 0.25) is 0 Å². The van der Waals surface area contributed by atoms with E-state index in [2.05, 4.69) is 30.8 Å². The topological polar surface area (TPSA) is 41.6 Å². The molecule has 1 rings (SSSR count). The van der Waals surface area contributed by atoms with E-state index < -0.39 is 0 Å². The number of nitrogens with two attached hydrogens (primary N) is 1. The van der Waals surface area contributed by atoms with Gasteiger partial charge in [0.15, 0.2) is 0 Å². The van der Waals surface area contributed by atoms with Gasteiger partial charge >= 0.3 is 0 Å². The van der Waals surface area contributed by atoms with Gasteiger partial charge in [-0.3, -0.25) is 0 Å². The van der Waals surface area contributed by atoms with E-state index in [1.807, 2.05) is 18.7 Å². The van der Waals surface area contributed by atoms with Crippen molar-refractivity contribution in [3.63, 3.8) is 0 Å². The molecule has 1 aliphatic carbocycles. The third-order valence-corrected chi connectivity index (χ3v) is 2.63. The Morgan fingerprint density at radius 1 is 1.24 bits per heavy atom. The van der Waals surface area contributed by atoms with Gasteiger partial charge in [-0.1, -0.05) is 26.0 Å². The van der Waals surface area contributed by atoms with Crippen molar-refractivity contribution in [1.29, 1.82) is 0 Å². The van der Waals surface area contributed by atoms with Crippen molar-refractivity contribution in [3.8, 4) is 0 Å². The minimum Gasteiger partial charge on any atom is -0.386 e. The van der Waals surface area contributed by atoms with Crippen LogP contribution in [0.1, 0.15) is 39.5 Å². The highest BCUT2D eigenvalue weighted by molar-refractivity contribution is 7.79. The summed E-state index contributed by atoms with van der Waals surface area (Å²) in [6.07, 6.45) is 6.54. The first-order valence-electron chi connectivity index (χ1n) is 5.91. The summed E-state index contributed by atoms with van der Waals surface area (Å²) in [6.45, 7) is 11.7. The number of hydrogen-bond acceptors (Lipinski definition) is 4. The lowest BCUT2D eigenvalue weighted by Crippen LogP contribution is -2.34. The van der Waals surface area contributed by atoms with Crippen LogP contribution in [0.15, 0.2) is 29.8 Å². The van der Waals surface area contributed by atoms with Gasteiger partial charge in [-0.15, -0.1) is 0 Å². The van der Waals surface area contributed by atoms with Crippen molar-refractivity contribution < 1.29 is 0 Å². The molecule has 17 heavy (non-hydrogen) atoms. The minimum atomic E-state index is 0.443. The molecule has 0 heterocycles. The second-order valence-electron chi connectivity index (χ2n) is 4.27. The first-order chi connectivity index (χ1) is 8.02. The summed E-state index contributed by atoms with van der Waals surface area (Å²) >= 11 is 3.53. The highest BCUT2D eigenvalue weighted by atomic mass is 32.1. The van der Waals surface area contributed by atoms with Gasteiger partial charge in [-0.25, -0.2) is 4.99 Å². The van der Waals surface area contributed by atoms with E-state index in [-0.39, 0.29) is 0 Å². The molecule has 0 spiro atoms. The van der Waals surface area contributed by atoms with Crippen LogP contribution < -0.4 is 5.73 Å². The fourth-order valence-corrected chi connectivity index (χ4v) is 2.09. The molecule has 3 nitrogen and oxygen atoms in total. The van der Waals surface area contributed by atoms with Crippen LogP contribution in [-0.2, 0) is 0 Å². The SMILES string of the molecule is C=C(N)N(C(=C)N=C(C)C)C1CCCC1.CS. The van der Waals surface area contributed by atoms with E-state index in [9.17, 15) is 0 Å². The molecule has 0 aromatic carbocycles. The second-order valence-corrected chi connectivity index (χ2v) is 4.27. The minimum absolute atomic E-state index is 0.443. The molecule has 0 bridgehead atoms. The number of hydrogen-bond donors (Lipinski definition) is 2. The maximum atomic E-state index is 5.79. The van der Waals surface area contributed by atoms with Crippen LogP contribution in [0.3, 0.4) is 0 Å². The summed E-state index contributed by atoms with van der Waals surface area (Å²) in [5.41, 5.74) is 6.78. The van der Waals surface area contributed by atoms with Crippen LogP contribution in [-0.4, -0.2) is 22.9 Å². The predicted octanol–water partition coefficient (Wildman–Crippen LogP) is 3.16. The first kappa shape index (κ1) is 16.1. The molecule has 0 aromatic heterocycles. The first-order valence-corrected chi connectivity index (χ1v) is 6.81. The van der Waals surface area contributed by atoms with Crippen LogP contribution in [0, 0.1) is 0 Å². The smallest absolute Gasteiger partial charge is 0.126 e. The molecule has 2 N–H and O–H groups in total. The third kappa shape index (κ3) is 5.31. The second kappa shape index (κ2) is 8.23. The Kier molecular flexibility index (Phi) is 7.79. The molecule has 98 valence electrons. The largest absolute Gasteiger partial charge is 0.386 e. The van der Waals surface area contributed by atoms with E-state index in [0.717, 1.165) is 24.4 Å². The van der Waals surface area contributed by atoms with Gasteiger partial charge in [0.2, 0.25) is 0 Å². The molecule has 0 aliphatic heterocycles. The lowest BCUT2D eigenvalue weighted by Gasteiger charge is -2.30. The van der Waals surface area contributed by atoms with Crippen molar-refractivity contribution in [2.75, 3.05) is 6.26 Å². The normalized spacial score (nSPS) is 14.6. The van der Waals surface area contributed by atoms with E-state index in [1.165, 1.54) is 12.8 Å². The van der Waals surface area contributed by atoms with Crippen molar-refractivity contribution in [1.82, 2.24) is 4.90 Å². The van der Waals surface area contributed by atoms with E-state index in [0.29, 0.717) is 11.9 Å². The van der Waals surface area contributed by atoms with E-state index in [4.69, 9.17) is 5.73 Å². The molecular weight excluding hydrogens is 230 g/mol. The molecule has 0 unspecified atom stereocenters. The molecule has 1 aliphatic rings. The Bertz CT molecular complexity index is 287. The third-order valence-electron chi connectivity index (χ3n) is 2.63. The molecular formula is C13H25N3S. The van der Waals surface area contributed by atoms with Crippen molar-refractivity contribution in [2.24, 2.45) is 10.7 Å². The summed E-state index contributed by atoms with van der Waals surface area (Å²) in [5, 5.41) is 0. The summed E-state index contributed by atoms with van der Waals surface area (Å²) in [4.78, 5) is 6.32. The number of thiol groups is 1. The molecule has 1 fully saturated rings. The van der Waals surface area contributed by atoms with E-state index in [1.54, 1.807) is 6.26 Å². The van der Waals surface area contributed by atoms with Gasteiger partial charge < -0.3 is 10.6 Å². The summed E-state index contributed by atoms with van der Waals surface area (Å²) < 4.78 is 0. The van der Waals surface area contributed by atoms with Crippen LogP contribution in [0.25, 0.3) is 0 Å². The Morgan fingerprint density at radius 2 is 1.71 bits per heavy atom. The summed E-state index contributed by atoms with van der Waals surface area (Å²) in [6, 6.07) is 0.443. The zero-order valence-electron chi connectivity index (χ0n) is 11.2. The standard InChI is InChI=1S/C12H21N3.CH4S/c1-9(2)14-11(4)15(10(3)13)12-7-5-6-8-12;1-2/h12H,3-8,13H2,1-2H3;2H,1H3. The van der Waals surface area contributed by atoms with Crippen molar-refractivity contribution >= 4 is 18.3 Å². The zero-order valence-corrected chi connectivity index (χ0v) is 12.1. The lowest BCUT2D eigenvalue weighted by molar-refractivity contribution is 0.313. The number of rotatable bonds is 4. The van der Waals surface area contributed by atoms with Gasteiger partial charge in [0.1, 0.15) is 5.82 Å². The predicted molar refractivity (Wildman–Crippen MR) is 80.3 cm³/mol. The van der Waals surface area contributed by atoms with Crippen molar-refractivity contribution in [3.05, 3.63) is 24.8 Å². The summed E-state index contributed by atoms with van der Waals surface area (Å²) in [5.74, 6) is 1.27. The molecule has 0 amide bonds. The van der Waals surface area contributed by atoms with Gasteiger partial charge in [0.05, 0.1) is 5.82 Å². The van der Waals surface area contributed by atoms with Gasteiger partial charge in [-0.05, 0) is 32.9 Å². The van der Waals surface area contributed by atoms with Crippen LogP contribution >= 0.6 is 12.6 Å². The molecule has 4 heteroatoms. The maximum Gasteiger partial charge on any atom is 0.126 e. The van der Waals surface area contributed by atoms with Crippen LogP contribution in [0.4, 0.5) is 0 Å². The van der Waals surface area contributed by atoms with Gasteiger partial charge in [0.25, 0.3) is 0 Å². The molecule has 0 saturated heterocycles. The average Bonchev–Trinajstić information content (AvgIpc) is 2.72. The Hall–Kier alpha value is -0.900. The Labute approximate surface area is 111 Å². The fraction of sp³-hybridized carbons (Fsp3) is 0.615. The van der Waals surface area contributed by atoms with Crippen LogP contribution in [0.5, 0.6) is 0 Å². The molecule has 1 saturated carbocycles. The number of nitrogens with zero attached hydrogens (tertiary/aromatic N) is 2. The van der Waals surface area contributed by atoms with E-state index >= 15 is 0 Å². The Balaban J connectivity index is 0.00000121. The highest BCUT2D eigenvalue weighted by Crippen LogP contribution is 2.27. The molecule has 0 atom stereocenters.